The number of nitrogens with one attached hydrogen (secondary N) is 1. The molecule has 0 saturated heterocycles. The number of thiocarbonyl (C=S) groups is 1. The molecule has 0 aromatic heterocycles. The highest BCUT2D eigenvalue weighted by Gasteiger charge is 2.10. The van der Waals surface area contributed by atoms with Gasteiger partial charge in [-0.1, -0.05) is 19.1 Å². The second kappa shape index (κ2) is 6.72. The first-order chi connectivity index (χ1) is 8.89. The summed E-state index contributed by atoms with van der Waals surface area (Å²) in [7, 11) is -1.44. The van der Waals surface area contributed by atoms with E-state index in [2.05, 4.69) is 5.32 Å². The average molecular weight is 302 g/mol. The molecule has 1 aromatic carbocycles. The summed E-state index contributed by atoms with van der Waals surface area (Å²) in [4.78, 5) is 0.253. The van der Waals surface area contributed by atoms with Crippen LogP contribution in [-0.2, 0) is 9.84 Å². The molecule has 1 aromatic rings. The molecule has 5 nitrogen and oxygen atoms in total. The third-order valence-corrected chi connectivity index (χ3v) is 4.59. The van der Waals surface area contributed by atoms with Gasteiger partial charge in [-0.2, -0.15) is 0 Å². The molecule has 0 radical (unpaired) electrons. The molecule has 0 saturated carbocycles. The van der Waals surface area contributed by atoms with Gasteiger partial charge in [0.1, 0.15) is 10.7 Å². The first-order valence-corrected chi connectivity index (χ1v) is 8.04. The molecule has 0 atom stereocenters. The van der Waals surface area contributed by atoms with Crippen molar-refractivity contribution in [3.8, 4) is 5.75 Å². The van der Waals surface area contributed by atoms with E-state index in [-0.39, 0.29) is 16.5 Å². The zero-order valence-corrected chi connectivity index (χ0v) is 12.6. The molecule has 3 N–H and O–H groups in total. The van der Waals surface area contributed by atoms with Gasteiger partial charge in [0, 0.05) is 29.6 Å². The molecule has 0 aliphatic heterocycles. The predicted molar refractivity (Wildman–Crippen MR) is 81.7 cm³/mol. The van der Waals surface area contributed by atoms with E-state index in [1.54, 1.807) is 32.2 Å². The number of rotatable bonds is 7. The second-order valence-electron chi connectivity index (χ2n) is 3.94. The van der Waals surface area contributed by atoms with Crippen molar-refractivity contribution in [3.05, 3.63) is 23.8 Å². The Labute approximate surface area is 119 Å². The quantitative estimate of drug-likeness (QED) is 0.736. The lowest BCUT2D eigenvalue weighted by Crippen LogP contribution is -2.19. The van der Waals surface area contributed by atoms with Crippen LogP contribution in [-0.4, -0.2) is 38.6 Å². The molecule has 0 amide bonds. The number of anilines is 1. The van der Waals surface area contributed by atoms with Crippen LogP contribution in [0, 0.1) is 0 Å². The van der Waals surface area contributed by atoms with Gasteiger partial charge in [-0.25, -0.2) is 8.42 Å². The van der Waals surface area contributed by atoms with Crippen LogP contribution in [0.2, 0.25) is 0 Å². The second-order valence-corrected chi connectivity index (χ2v) is 6.85. The largest absolute Gasteiger partial charge is 0.497 e. The maximum atomic E-state index is 11.4. The van der Waals surface area contributed by atoms with E-state index < -0.39 is 9.84 Å². The van der Waals surface area contributed by atoms with E-state index >= 15 is 0 Å². The molecule has 0 aliphatic rings. The van der Waals surface area contributed by atoms with Crippen LogP contribution in [0.5, 0.6) is 5.75 Å². The molecule has 106 valence electrons. The maximum absolute atomic E-state index is 11.4. The van der Waals surface area contributed by atoms with Gasteiger partial charge < -0.3 is 15.8 Å². The van der Waals surface area contributed by atoms with Gasteiger partial charge in [0.05, 0.1) is 12.9 Å². The summed E-state index contributed by atoms with van der Waals surface area (Å²) in [6, 6.07) is 5.24. The van der Waals surface area contributed by atoms with Gasteiger partial charge in [-0.05, 0) is 12.1 Å². The molecule has 0 heterocycles. The molecule has 0 aliphatic carbocycles. The number of ether oxygens (including phenoxy) is 1. The minimum absolute atomic E-state index is 0.0669. The Kier molecular flexibility index (Phi) is 5.56. The van der Waals surface area contributed by atoms with Crippen molar-refractivity contribution in [2.24, 2.45) is 5.73 Å². The van der Waals surface area contributed by atoms with E-state index in [0.29, 0.717) is 23.5 Å². The van der Waals surface area contributed by atoms with Crippen molar-refractivity contribution < 1.29 is 13.2 Å². The monoisotopic (exact) mass is 302 g/mol. The van der Waals surface area contributed by atoms with Crippen LogP contribution in [0.1, 0.15) is 12.5 Å². The minimum Gasteiger partial charge on any atom is -0.497 e. The van der Waals surface area contributed by atoms with E-state index in [1.807, 2.05) is 0 Å². The lowest BCUT2D eigenvalue weighted by molar-refractivity contribution is 0.415. The van der Waals surface area contributed by atoms with E-state index in [4.69, 9.17) is 22.7 Å². The lowest BCUT2D eigenvalue weighted by atomic mass is 10.1. The van der Waals surface area contributed by atoms with Crippen molar-refractivity contribution in [1.82, 2.24) is 0 Å². The molecule has 1 rings (SSSR count). The zero-order valence-electron chi connectivity index (χ0n) is 11.0. The molecule has 19 heavy (non-hydrogen) atoms. The van der Waals surface area contributed by atoms with Gasteiger partial charge in [0.15, 0.2) is 9.84 Å². The van der Waals surface area contributed by atoms with Crippen molar-refractivity contribution in [2.45, 2.75) is 6.92 Å². The fourth-order valence-corrected chi connectivity index (χ4v) is 2.38. The van der Waals surface area contributed by atoms with Gasteiger partial charge >= 0.3 is 0 Å². The van der Waals surface area contributed by atoms with Crippen LogP contribution in [0.4, 0.5) is 5.69 Å². The highest BCUT2D eigenvalue weighted by molar-refractivity contribution is 7.91. The van der Waals surface area contributed by atoms with Crippen LogP contribution in [0.3, 0.4) is 0 Å². The average Bonchev–Trinajstić information content (AvgIpc) is 2.38. The van der Waals surface area contributed by atoms with E-state index in [1.165, 1.54) is 0 Å². The third kappa shape index (κ3) is 4.68. The number of hydrogen-bond donors (Lipinski definition) is 2. The van der Waals surface area contributed by atoms with Crippen LogP contribution in [0.15, 0.2) is 18.2 Å². The smallest absolute Gasteiger partial charge is 0.151 e. The van der Waals surface area contributed by atoms with Crippen molar-refractivity contribution in [2.75, 3.05) is 30.5 Å². The Morgan fingerprint density at radius 3 is 2.68 bits per heavy atom. The van der Waals surface area contributed by atoms with Crippen molar-refractivity contribution in [3.63, 3.8) is 0 Å². The first kappa shape index (κ1) is 15.7. The Morgan fingerprint density at radius 2 is 2.16 bits per heavy atom. The normalized spacial score (nSPS) is 11.1. The summed E-state index contributed by atoms with van der Waals surface area (Å²) in [5.74, 6) is 0.854. The van der Waals surface area contributed by atoms with Gasteiger partial charge in [-0.3, -0.25) is 0 Å². The fraction of sp³-hybridized carbons (Fsp3) is 0.417. The standard InChI is InChI=1S/C12H18N2O3S2/c1-3-19(15,16)7-6-14-11-8-9(17-2)4-5-10(11)12(13)18/h4-5,8,14H,3,6-7H2,1-2H3,(H2,13,18). The topological polar surface area (TPSA) is 81.4 Å². The molecular weight excluding hydrogens is 284 g/mol. The van der Waals surface area contributed by atoms with Crippen LogP contribution >= 0.6 is 12.2 Å². The number of sulfone groups is 1. The highest BCUT2D eigenvalue weighted by atomic mass is 32.2. The molecule has 0 unspecified atom stereocenters. The van der Waals surface area contributed by atoms with Crippen molar-refractivity contribution in [1.29, 1.82) is 0 Å². The van der Waals surface area contributed by atoms with Crippen LogP contribution in [0.25, 0.3) is 0 Å². The maximum Gasteiger partial charge on any atom is 0.151 e. The molecule has 0 fully saturated rings. The molecule has 0 spiro atoms. The van der Waals surface area contributed by atoms with Gasteiger partial charge in [0.25, 0.3) is 0 Å². The van der Waals surface area contributed by atoms with E-state index in [9.17, 15) is 8.42 Å². The van der Waals surface area contributed by atoms with Crippen molar-refractivity contribution >= 4 is 32.7 Å². The van der Waals surface area contributed by atoms with Gasteiger partial charge in [0.2, 0.25) is 0 Å². The summed E-state index contributed by atoms with van der Waals surface area (Å²) >= 11 is 4.95. The summed E-state index contributed by atoms with van der Waals surface area (Å²) in [5.41, 5.74) is 6.97. The SMILES string of the molecule is CCS(=O)(=O)CCNc1cc(OC)ccc1C(N)=S. The third-order valence-electron chi connectivity index (χ3n) is 2.66. The number of benzene rings is 1. The zero-order chi connectivity index (χ0) is 14.5. The molecular formula is C12H18N2O3S2. The number of methoxy groups -OCH3 is 1. The Morgan fingerprint density at radius 1 is 1.47 bits per heavy atom. The van der Waals surface area contributed by atoms with E-state index in [0.717, 1.165) is 0 Å². The Hall–Kier alpha value is -1.34. The predicted octanol–water partition coefficient (Wildman–Crippen LogP) is 1.18. The summed E-state index contributed by atoms with van der Waals surface area (Å²) in [6.45, 7) is 1.93. The summed E-state index contributed by atoms with van der Waals surface area (Å²) in [5, 5.41) is 3.03. The summed E-state index contributed by atoms with van der Waals surface area (Å²) < 4.78 is 27.9. The number of hydrogen-bond acceptors (Lipinski definition) is 5. The fourth-order valence-electron chi connectivity index (χ4n) is 1.50. The Bertz CT molecular complexity index is 556. The molecule has 0 bridgehead atoms. The minimum atomic E-state index is -3.00. The lowest BCUT2D eigenvalue weighted by Gasteiger charge is -2.12. The highest BCUT2D eigenvalue weighted by Crippen LogP contribution is 2.22. The molecule has 7 heteroatoms. The van der Waals surface area contributed by atoms with Gasteiger partial charge in [-0.15, -0.1) is 0 Å². The first-order valence-electron chi connectivity index (χ1n) is 5.81. The Balaban J connectivity index is 2.84. The summed E-state index contributed by atoms with van der Waals surface area (Å²) in [6.07, 6.45) is 0. The number of nitrogens with two attached hydrogens (primary N) is 1. The van der Waals surface area contributed by atoms with Crippen LogP contribution < -0.4 is 15.8 Å².